The van der Waals surface area contributed by atoms with Crippen LogP contribution in [0.4, 0.5) is 0 Å². The van der Waals surface area contributed by atoms with Gasteiger partial charge in [-0.25, -0.2) is 0 Å². The molecule has 0 saturated carbocycles. The normalized spacial score (nSPS) is 11.2. The number of fused-ring (bicyclic) bond motifs is 1. The first-order chi connectivity index (χ1) is 33.1. The summed E-state index contributed by atoms with van der Waals surface area (Å²) in [6.07, 6.45) is 0. The summed E-state index contributed by atoms with van der Waals surface area (Å²) in [6.45, 7) is 18.3. The van der Waals surface area contributed by atoms with Crippen molar-refractivity contribution in [3.63, 3.8) is 0 Å². The second-order valence-electron chi connectivity index (χ2n) is 19.1. The summed E-state index contributed by atoms with van der Waals surface area (Å²) in [5.74, 6) is 0. The highest BCUT2D eigenvalue weighted by Crippen LogP contribution is 2.50. The average molecular weight is 873 g/mol. The van der Waals surface area contributed by atoms with E-state index in [2.05, 4.69) is 262 Å². The van der Waals surface area contributed by atoms with E-state index in [0.29, 0.717) is 0 Å². The van der Waals surface area contributed by atoms with Gasteiger partial charge in [-0.15, -0.1) is 0 Å². The lowest BCUT2D eigenvalue weighted by molar-refractivity contribution is 1.40. The van der Waals surface area contributed by atoms with Crippen LogP contribution in [0.15, 0.2) is 206 Å². The molecule has 68 heavy (non-hydrogen) atoms. The van der Waals surface area contributed by atoms with Gasteiger partial charge in [-0.3, -0.25) is 0 Å². The molecule has 0 fully saturated rings. The van der Waals surface area contributed by atoms with E-state index in [1.165, 1.54) is 133 Å². The highest BCUT2D eigenvalue weighted by Gasteiger charge is 2.31. The van der Waals surface area contributed by atoms with E-state index in [1.54, 1.807) is 0 Å². The zero-order valence-electron chi connectivity index (χ0n) is 40.8. The van der Waals surface area contributed by atoms with Crippen LogP contribution in [0.1, 0.15) is 44.5 Å². The van der Waals surface area contributed by atoms with Gasteiger partial charge in [0.15, 0.2) is 0 Å². The lowest BCUT2D eigenvalue weighted by atomic mass is 9.34. The molecular weight excluding hydrogens is 814 g/mol. The van der Waals surface area contributed by atoms with Crippen molar-refractivity contribution in [1.82, 2.24) is 0 Å². The minimum atomic E-state index is 0.0882. The smallest absolute Gasteiger partial charge is 0.0686 e. The Morgan fingerprint density at radius 1 is 0.206 bits per heavy atom. The Bertz CT molecular complexity index is 3040. The molecule has 0 aromatic heterocycles. The van der Waals surface area contributed by atoms with Gasteiger partial charge in [-0.1, -0.05) is 284 Å². The fourth-order valence-electron chi connectivity index (χ4n) is 11.6. The van der Waals surface area contributed by atoms with E-state index in [0.717, 1.165) is 0 Å². The summed E-state index contributed by atoms with van der Waals surface area (Å²) in [6, 6.07) is 77.4. The van der Waals surface area contributed by atoms with E-state index < -0.39 is 0 Å². The van der Waals surface area contributed by atoms with Gasteiger partial charge in [0.25, 0.3) is 0 Å². The molecule has 0 radical (unpaired) electrons. The second kappa shape index (κ2) is 18.7. The van der Waals surface area contributed by atoms with Gasteiger partial charge in [0.1, 0.15) is 0 Å². The maximum Gasteiger partial charge on any atom is 0.242 e. The predicted octanol–water partition coefficient (Wildman–Crippen LogP) is 13.0. The van der Waals surface area contributed by atoms with Crippen molar-refractivity contribution in [1.29, 1.82) is 0 Å². The lowest BCUT2D eigenvalue weighted by Gasteiger charge is -2.26. The summed E-state index contributed by atoms with van der Waals surface area (Å²) < 4.78 is 0. The van der Waals surface area contributed by atoms with Crippen molar-refractivity contribution in [2.45, 2.75) is 55.4 Å². The van der Waals surface area contributed by atoms with Crippen molar-refractivity contribution in [2.24, 2.45) is 0 Å². The molecule has 0 N–H and O–H groups in total. The van der Waals surface area contributed by atoms with Crippen LogP contribution in [-0.2, 0) is 0 Å². The first-order valence-corrected chi connectivity index (χ1v) is 24.2. The van der Waals surface area contributed by atoms with Gasteiger partial charge in [-0.05, 0) is 111 Å². The fraction of sp³-hybridized carbons (Fsp3) is 0.121. The van der Waals surface area contributed by atoms with E-state index in [-0.39, 0.29) is 13.4 Å². The Morgan fingerprint density at radius 3 is 0.706 bits per heavy atom. The van der Waals surface area contributed by atoms with Crippen molar-refractivity contribution in [3.05, 3.63) is 251 Å². The number of benzene rings is 10. The first-order valence-electron chi connectivity index (χ1n) is 24.2. The van der Waals surface area contributed by atoms with Gasteiger partial charge in [0, 0.05) is 0 Å². The SMILES string of the molecule is Cc1cccc(C)c1B(c1ccc(-c2c(-c3ccc(B(c4c(C)cccc4C)c4c(C)cccc4C)cc3)c(-c3ccccc3)c3ccccc3c2-c2ccccc2)cc1)c1c(C)cccc1C. The fourth-order valence-corrected chi connectivity index (χ4v) is 11.6. The largest absolute Gasteiger partial charge is 0.242 e. The number of aryl methyl sites for hydroxylation is 8. The number of rotatable bonds is 10. The molecule has 10 aromatic carbocycles. The molecule has 328 valence electrons. The monoisotopic (exact) mass is 872 g/mol. The standard InChI is InChI=1S/C66H58B2/c1-43-21-17-22-44(2)63(43)67(64-45(3)23-18-24-46(64)4)55-39-35-53(36-40-55)61-59(51-29-11-9-12-30-51)57-33-15-16-34-58(57)60(52-31-13-10-14-32-52)62(61)54-37-41-56(42-38-54)68(65-47(5)25-19-26-48(65)6)66-49(7)27-20-28-50(66)8/h9-42H,1-8H3. The molecule has 0 atom stereocenters. The highest BCUT2D eigenvalue weighted by atomic mass is 14.3. The predicted molar refractivity (Wildman–Crippen MR) is 299 cm³/mol. The third kappa shape index (κ3) is 8.03. The maximum absolute atomic E-state index is 2.41. The zero-order valence-corrected chi connectivity index (χ0v) is 40.8. The van der Waals surface area contributed by atoms with Crippen molar-refractivity contribution in [3.8, 4) is 44.5 Å². The van der Waals surface area contributed by atoms with Crippen LogP contribution in [0.5, 0.6) is 0 Å². The molecule has 0 saturated heterocycles. The molecule has 0 aliphatic rings. The Labute approximate surface area is 405 Å². The van der Waals surface area contributed by atoms with Crippen molar-refractivity contribution >= 4 is 57.0 Å². The molecular formula is C66H58B2. The maximum atomic E-state index is 2.41. The van der Waals surface area contributed by atoms with Crippen LogP contribution in [0.3, 0.4) is 0 Å². The molecule has 2 heteroatoms. The molecule has 0 amide bonds. The molecule has 0 spiro atoms. The Morgan fingerprint density at radius 2 is 0.441 bits per heavy atom. The van der Waals surface area contributed by atoms with Crippen molar-refractivity contribution in [2.75, 3.05) is 0 Å². The Balaban J connectivity index is 1.26. The van der Waals surface area contributed by atoms with Gasteiger partial charge in [-0.2, -0.15) is 0 Å². The van der Waals surface area contributed by atoms with E-state index >= 15 is 0 Å². The quantitative estimate of drug-likeness (QED) is 0.120. The minimum absolute atomic E-state index is 0.0882. The van der Waals surface area contributed by atoms with Gasteiger partial charge in [0.05, 0.1) is 0 Å². The van der Waals surface area contributed by atoms with Gasteiger partial charge in [0.2, 0.25) is 13.4 Å². The molecule has 0 bridgehead atoms. The summed E-state index contributed by atoms with van der Waals surface area (Å²) in [4.78, 5) is 0. The number of hydrogen-bond acceptors (Lipinski definition) is 0. The molecule has 0 nitrogen and oxygen atoms in total. The third-order valence-corrected chi connectivity index (χ3v) is 14.7. The van der Waals surface area contributed by atoms with Crippen LogP contribution in [0.2, 0.25) is 0 Å². The topological polar surface area (TPSA) is 0 Å². The van der Waals surface area contributed by atoms with Crippen LogP contribution in [-0.4, -0.2) is 13.4 Å². The summed E-state index contributed by atoms with van der Waals surface area (Å²) in [5, 5.41) is 2.48. The van der Waals surface area contributed by atoms with Crippen LogP contribution < -0.4 is 32.8 Å². The zero-order chi connectivity index (χ0) is 47.1. The van der Waals surface area contributed by atoms with E-state index in [1.807, 2.05) is 0 Å². The lowest BCUT2D eigenvalue weighted by Crippen LogP contribution is -2.55. The first kappa shape index (κ1) is 44.4. The van der Waals surface area contributed by atoms with Gasteiger partial charge >= 0.3 is 0 Å². The van der Waals surface area contributed by atoms with Gasteiger partial charge < -0.3 is 0 Å². The summed E-state index contributed by atoms with van der Waals surface area (Å²) in [7, 11) is 0. The summed E-state index contributed by atoms with van der Waals surface area (Å²) in [5.41, 5.74) is 28.5. The van der Waals surface area contributed by atoms with E-state index in [4.69, 9.17) is 0 Å². The van der Waals surface area contributed by atoms with Crippen LogP contribution in [0.25, 0.3) is 55.3 Å². The number of hydrogen-bond donors (Lipinski definition) is 0. The minimum Gasteiger partial charge on any atom is -0.0686 e. The van der Waals surface area contributed by atoms with E-state index in [9.17, 15) is 0 Å². The van der Waals surface area contributed by atoms with Crippen LogP contribution in [0, 0.1) is 55.4 Å². The summed E-state index contributed by atoms with van der Waals surface area (Å²) >= 11 is 0. The second-order valence-corrected chi connectivity index (χ2v) is 19.1. The molecule has 0 heterocycles. The molecule has 10 aromatic rings. The Hall–Kier alpha value is -7.41. The van der Waals surface area contributed by atoms with Crippen LogP contribution >= 0.6 is 0 Å². The molecule has 0 aliphatic carbocycles. The molecule has 0 unspecified atom stereocenters. The average Bonchev–Trinajstić information content (AvgIpc) is 3.35. The Kier molecular flexibility index (Phi) is 12.2. The highest BCUT2D eigenvalue weighted by molar-refractivity contribution is 6.97. The third-order valence-electron chi connectivity index (χ3n) is 14.7. The molecule has 0 aliphatic heterocycles. The van der Waals surface area contributed by atoms with Crippen molar-refractivity contribution < 1.29 is 0 Å². The molecule has 10 rings (SSSR count).